The van der Waals surface area contributed by atoms with E-state index in [1.165, 1.54) is 4.90 Å². The molecule has 0 radical (unpaired) electrons. The van der Waals surface area contributed by atoms with Gasteiger partial charge in [-0.1, -0.05) is 0 Å². The third-order valence-corrected chi connectivity index (χ3v) is 5.80. The SMILES string of the molecule is NCCCC[C@H](NC(=O)CN)C(=O)N1CCC[C@H]1C(=O)N[C@@H](CS)C(=O)N[C@@H](CC(N)=O)C(=O)O. The van der Waals surface area contributed by atoms with Crippen molar-refractivity contribution in [3.63, 3.8) is 0 Å². The van der Waals surface area contributed by atoms with Gasteiger partial charge in [0.1, 0.15) is 24.2 Å². The van der Waals surface area contributed by atoms with Crippen LogP contribution in [0.2, 0.25) is 0 Å². The van der Waals surface area contributed by atoms with Crippen LogP contribution >= 0.6 is 12.6 Å². The Morgan fingerprint density at radius 1 is 1.00 bits per heavy atom. The van der Waals surface area contributed by atoms with Gasteiger partial charge in [-0.25, -0.2) is 4.79 Å². The van der Waals surface area contributed by atoms with Crippen LogP contribution in [-0.2, 0) is 28.8 Å². The minimum absolute atomic E-state index is 0.171. The van der Waals surface area contributed by atoms with E-state index in [1.807, 2.05) is 0 Å². The second-order valence-corrected chi connectivity index (χ2v) is 8.48. The fourth-order valence-electron chi connectivity index (χ4n) is 3.64. The Hall–Kier alpha value is -2.91. The number of nitrogens with two attached hydrogens (primary N) is 3. The molecule has 35 heavy (non-hydrogen) atoms. The maximum Gasteiger partial charge on any atom is 0.326 e. The van der Waals surface area contributed by atoms with Gasteiger partial charge < -0.3 is 43.2 Å². The molecule has 15 heteroatoms. The highest BCUT2D eigenvalue weighted by atomic mass is 32.1. The third kappa shape index (κ3) is 9.70. The number of nitrogens with one attached hydrogen (secondary N) is 3. The Balaban J connectivity index is 2.90. The smallest absolute Gasteiger partial charge is 0.326 e. The van der Waals surface area contributed by atoms with Gasteiger partial charge in [0.25, 0.3) is 0 Å². The Kier molecular flexibility index (Phi) is 13.0. The van der Waals surface area contributed by atoms with Crippen LogP contribution in [0.25, 0.3) is 0 Å². The Bertz CT molecular complexity index is 798. The minimum Gasteiger partial charge on any atom is -0.480 e. The molecular weight excluding hydrogens is 482 g/mol. The highest BCUT2D eigenvalue weighted by Crippen LogP contribution is 2.20. The van der Waals surface area contributed by atoms with Crippen LogP contribution in [0.4, 0.5) is 0 Å². The molecule has 1 saturated heterocycles. The first-order chi connectivity index (χ1) is 16.5. The number of carbonyl (C=O) groups is 6. The summed E-state index contributed by atoms with van der Waals surface area (Å²) in [4.78, 5) is 74.1. The molecule has 0 saturated carbocycles. The van der Waals surface area contributed by atoms with E-state index in [2.05, 4.69) is 28.6 Å². The molecule has 10 N–H and O–H groups in total. The van der Waals surface area contributed by atoms with Gasteiger partial charge in [-0.15, -0.1) is 0 Å². The van der Waals surface area contributed by atoms with E-state index in [-0.39, 0.29) is 18.8 Å². The molecule has 14 nitrogen and oxygen atoms in total. The summed E-state index contributed by atoms with van der Waals surface area (Å²) >= 11 is 4.04. The number of hydrogen-bond acceptors (Lipinski definition) is 9. The predicted molar refractivity (Wildman–Crippen MR) is 128 cm³/mol. The standard InChI is InChI=1S/C20H35N7O7S/c21-6-2-1-4-11(24-16(29)9-22)19(32)27-7-3-5-14(27)18(31)26-13(10-35)17(30)25-12(20(33)34)8-15(23)28/h11-14,35H,1-10,21-22H2,(H2,23,28)(H,24,29)(H,25,30)(H,26,31)(H,33,34)/t11-,12-,13-,14-/m0/s1. The highest BCUT2D eigenvalue weighted by Gasteiger charge is 2.38. The number of rotatable bonds is 15. The lowest BCUT2D eigenvalue weighted by Crippen LogP contribution is -2.58. The van der Waals surface area contributed by atoms with E-state index in [1.54, 1.807) is 0 Å². The molecule has 0 aromatic heterocycles. The van der Waals surface area contributed by atoms with E-state index in [4.69, 9.17) is 22.3 Å². The summed E-state index contributed by atoms with van der Waals surface area (Å²) in [5, 5.41) is 16.4. The quantitative estimate of drug-likeness (QED) is 0.0789. The number of thiol groups is 1. The molecule has 1 fully saturated rings. The zero-order valence-corrected chi connectivity index (χ0v) is 20.3. The van der Waals surface area contributed by atoms with Crippen LogP contribution < -0.4 is 33.2 Å². The molecule has 1 aliphatic heterocycles. The second kappa shape index (κ2) is 15.2. The van der Waals surface area contributed by atoms with Crippen molar-refractivity contribution in [2.24, 2.45) is 17.2 Å². The average molecular weight is 518 g/mol. The van der Waals surface area contributed by atoms with Crippen molar-refractivity contribution >= 4 is 48.1 Å². The van der Waals surface area contributed by atoms with E-state index >= 15 is 0 Å². The van der Waals surface area contributed by atoms with Gasteiger partial charge in [0, 0.05) is 12.3 Å². The van der Waals surface area contributed by atoms with Gasteiger partial charge in [-0.3, -0.25) is 24.0 Å². The van der Waals surface area contributed by atoms with Crippen LogP contribution in [-0.4, -0.2) is 95.1 Å². The third-order valence-electron chi connectivity index (χ3n) is 5.44. The number of carboxylic acids is 1. The van der Waals surface area contributed by atoms with Crippen LogP contribution in [0.1, 0.15) is 38.5 Å². The minimum atomic E-state index is -1.57. The van der Waals surface area contributed by atoms with E-state index in [9.17, 15) is 28.8 Å². The van der Waals surface area contributed by atoms with Crippen molar-refractivity contribution in [1.82, 2.24) is 20.9 Å². The summed E-state index contributed by atoms with van der Waals surface area (Å²) in [6.45, 7) is 0.409. The number of hydrogen-bond donors (Lipinski definition) is 8. The number of primary amides is 1. The van der Waals surface area contributed by atoms with Crippen molar-refractivity contribution in [1.29, 1.82) is 0 Å². The summed E-state index contributed by atoms with van der Waals surface area (Å²) in [7, 11) is 0. The summed E-state index contributed by atoms with van der Waals surface area (Å²) in [6.07, 6.45) is 1.79. The molecule has 0 aliphatic carbocycles. The Labute approximate surface area is 208 Å². The number of amides is 5. The molecule has 0 unspecified atom stereocenters. The number of nitrogens with zero attached hydrogens (tertiary/aromatic N) is 1. The van der Waals surface area contributed by atoms with Gasteiger partial charge in [-0.2, -0.15) is 12.6 Å². The average Bonchev–Trinajstić information content (AvgIpc) is 3.30. The lowest BCUT2D eigenvalue weighted by atomic mass is 10.1. The molecule has 0 spiro atoms. The topological polar surface area (TPSA) is 240 Å². The largest absolute Gasteiger partial charge is 0.480 e. The summed E-state index contributed by atoms with van der Waals surface area (Å²) in [5.74, 6) is -5.01. The maximum absolute atomic E-state index is 13.2. The Morgan fingerprint density at radius 2 is 1.69 bits per heavy atom. The van der Waals surface area contributed by atoms with E-state index < -0.39 is 66.1 Å². The zero-order valence-electron chi connectivity index (χ0n) is 19.4. The number of carbonyl (C=O) groups excluding carboxylic acids is 5. The first-order valence-corrected chi connectivity index (χ1v) is 11.9. The van der Waals surface area contributed by atoms with Crippen molar-refractivity contribution in [2.75, 3.05) is 25.4 Å². The molecule has 1 aliphatic rings. The summed E-state index contributed by atoms with van der Waals surface area (Å²) in [6, 6.07) is -4.56. The number of unbranched alkanes of at least 4 members (excludes halogenated alkanes) is 1. The molecule has 1 heterocycles. The van der Waals surface area contributed by atoms with Crippen molar-refractivity contribution < 1.29 is 33.9 Å². The van der Waals surface area contributed by atoms with Gasteiger partial charge in [-0.05, 0) is 38.6 Å². The molecule has 0 aromatic rings. The zero-order chi connectivity index (χ0) is 26.5. The monoisotopic (exact) mass is 517 g/mol. The fraction of sp³-hybridized carbons (Fsp3) is 0.700. The van der Waals surface area contributed by atoms with Crippen molar-refractivity contribution in [3.05, 3.63) is 0 Å². The molecule has 5 amide bonds. The molecule has 0 bridgehead atoms. The maximum atomic E-state index is 13.2. The van der Waals surface area contributed by atoms with Crippen molar-refractivity contribution in [3.8, 4) is 0 Å². The first kappa shape index (κ1) is 30.1. The molecule has 0 aromatic carbocycles. The second-order valence-electron chi connectivity index (χ2n) is 8.11. The van der Waals surface area contributed by atoms with E-state index in [0.29, 0.717) is 38.6 Å². The van der Waals surface area contributed by atoms with Crippen LogP contribution in [0, 0.1) is 0 Å². The van der Waals surface area contributed by atoms with E-state index in [0.717, 1.165) is 0 Å². The summed E-state index contributed by atoms with van der Waals surface area (Å²) in [5.41, 5.74) is 15.9. The Morgan fingerprint density at radius 3 is 2.23 bits per heavy atom. The lowest BCUT2D eigenvalue weighted by Gasteiger charge is -2.30. The first-order valence-electron chi connectivity index (χ1n) is 11.3. The predicted octanol–water partition coefficient (Wildman–Crippen LogP) is -3.59. The van der Waals surface area contributed by atoms with Crippen LogP contribution in [0.15, 0.2) is 0 Å². The number of carboxylic acid groups (broad SMARTS) is 1. The van der Waals surface area contributed by atoms with Crippen LogP contribution in [0.5, 0.6) is 0 Å². The van der Waals surface area contributed by atoms with Crippen molar-refractivity contribution in [2.45, 2.75) is 62.7 Å². The molecule has 1 rings (SSSR count). The fourth-order valence-corrected chi connectivity index (χ4v) is 3.90. The van der Waals surface area contributed by atoms with Gasteiger partial charge >= 0.3 is 5.97 Å². The molecule has 198 valence electrons. The highest BCUT2D eigenvalue weighted by molar-refractivity contribution is 7.80. The molecular formula is C20H35N7O7S. The molecule has 4 atom stereocenters. The van der Waals surface area contributed by atoms with Crippen LogP contribution in [0.3, 0.4) is 0 Å². The van der Waals surface area contributed by atoms with Gasteiger partial charge in [0.05, 0.1) is 13.0 Å². The van der Waals surface area contributed by atoms with Gasteiger partial charge in [0.2, 0.25) is 29.5 Å². The summed E-state index contributed by atoms with van der Waals surface area (Å²) < 4.78 is 0. The lowest BCUT2D eigenvalue weighted by molar-refractivity contribution is -0.144. The number of aliphatic carboxylic acids is 1. The number of likely N-dealkylation sites (tertiary alicyclic amines) is 1. The van der Waals surface area contributed by atoms with Gasteiger partial charge in [0.15, 0.2) is 0 Å². The normalized spacial score (nSPS) is 17.7.